The Bertz CT molecular complexity index is 202. The van der Waals surface area contributed by atoms with E-state index in [-0.39, 0.29) is 0 Å². The van der Waals surface area contributed by atoms with Crippen molar-refractivity contribution >= 4 is 38.5 Å². The van der Waals surface area contributed by atoms with Gasteiger partial charge in [0.05, 0.1) is 5.69 Å². The number of hydrogen-bond donors (Lipinski definition) is 0. The Morgan fingerprint density at radius 3 is 2.89 bits per heavy atom. The van der Waals surface area contributed by atoms with Gasteiger partial charge in [-0.1, -0.05) is 22.6 Å². The van der Waals surface area contributed by atoms with Crippen molar-refractivity contribution in [2.45, 2.75) is 4.43 Å². The topological polar surface area (TPSA) is 12.9 Å². The van der Waals surface area contributed by atoms with Crippen molar-refractivity contribution in [3.63, 3.8) is 0 Å². The molecule has 1 heterocycles. The second kappa shape index (κ2) is 3.51. The SMILES string of the molecule is Brc1cccnc1CI. The summed E-state index contributed by atoms with van der Waals surface area (Å²) >= 11 is 5.68. The Labute approximate surface area is 76.1 Å². The minimum absolute atomic E-state index is 0.958. The Hall–Kier alpha value is 0.360. The van der Waals surface area contributed by atoms with Crippen molar-refractivity contribution in [3.05, 3.63) is 28.5 Å². The first kappa shape index (κ1) is 7.47. The zero-order chi connectivity index (χ0) is 6.69. The maximum Gasteiger partial charge on any atom is 0.0642 e. The second-order valence-corrected chi connectivity index (χ2v) is 3.18. The molecule has 0 saturated heterocycles. The van der Waals surface area contributed by atoms with Crippen LogP contribution in [0, 0.1) is 0 Å². The molecule has 0 bridgehead atoms. The Morgan fingerprint density at radius 1 is 1.67 bits per heavy atom. The van der Waals surface area contributed by atoms with Gasteiger partial charge in [0, 0.05) is 15.1 Å². The number of hydrogen-bond acceptors (Lipinski definition) is 1. The van der Waals surface area contributed by atoms with Crippen molar-refractivity contribution in [3.8, 4) is 0 Å². The van der Waals surface area contributed by atoms with Crippen LogP contribution in [0.25, 0.3) is 0 Å². The van der Waals surface area contributed by atoms with Crippen LogP contribution in [0.2, 0.25) is 0 Å². The summed E-state index contributed by atoms with van der Waals surface area (Å²) in [5.74, 6) is 0. The molecule has 48 valence electrons. The molecule has 0 saturated carbocycles. The van der Waals surface area contributed by atoms with E-state index in [1.807, 2.05) is 12.1 Å². The molecule has 9 heavy (non-hydrogen) atoms. The van der Waals surface area contributed by atoms with Crippen LogP contribution >= 0.6 is 38.5 Å². The first-order valence-electron chi connectivity index (χ1n) is 2.50. The van der Waals surface area contributed by atoms with Crippen LogP contribution in [-0.2, 0) is 4.43 Å². The summed E-state index contributed by atoms with van der Waals surface area (Å²) in [6.45, 7) is 0. The predicted molar refractivity (Wildman–Crippen MR) is 49.7 cm³/mol. The molecule has 0 atom stereocenters. The third-order valence-corrected chi connectivity index (χ3v) is 2.41. The number of halogens is 2. The summed E-state index contributed by atoms with van der Waals surface area (Å²) in [4.78, 5) is 4.14. The molecule has 3 heteroatoms. The highest BCUT2D eigenvalue weighted by atomic mass is 127. The molecule has 0 aliphatic rings. The van der Waals surface area contributed by atoms with Crippen LogP contribution in [0.4, 0.5) is 0 Å². The molecular formula is C6H5BrIN. The highest BCUT2D eigenvalue weighted by Crippen LogP contribution is 2.15. The van der Waals surface area contributed by atoms with Gasteiger partial charge in [0.25, 0.3) is 0 Å². The van der Waals surface area contributed by atoms with E-state index in [1.54, 1.807) is 6.20 Å². The third kappa shape index (κ3) is 1.89. The van der Waals surface area contributed by atoms with Gasteiger partial charge in [0.15, 0.2) is 0 Å². The molecule has 0 spiro atoms. The number of aromatic nitrogens is 1. The van der Waals surface area contributed by atoms with Crippen LogP contribution < -0.4 is 0 Å². The Balaban J connectivity index is 3.01. The predicted octanol–water partition coefficient (Wildman–Crippen LogP) is 2.78. The van der Waals surface area contributed by atoms with Gasteiger partial charge >= 0.3 is 0 Å². The van der Waals surface area contributed by atoms with Crippen molar-refractivity contribution < 1.29 is 0 Å². The molecule has 0 aliphatic heterocycles. The first-order valence-corrected chi connectivity index (χ1v) is 4.82. The van der Waals surface area contributed by atoms with Gasteiger partial charge in [0.2, 0.25) is 0 Å². The van der Waals surface area contributed by atoms with Gasteiger partial charge < -0.3 is 0 Å². The summed E-state index contributed by atoms with van der Waals surface area (Å²) in [6, 6.07) is 3.92. The average Bonchev–Trinajstić information content (AvgIpc) is 1.89. The molecule has 0 aromatic carbocycles. The smallest absolute Gasteiger partial charge is 0.0642 e. The lowest BCUT2D eigenvalue weighted by molar-refractivity contribution is 1.17. The van der Waals surface area contributed by atoms with Crippen molar-refractivity contribution in [2.75, 3.05) is 0 Å². The van der Waals surface area contributed by atoms with Gasteiger partial charge in [0.1, 0.15) is 0 Å². The Kier molecular flexibility index (Phi) is 2.91. The zero-order valence-electron chi connectivity index (χ0n) is 4.64. The Morgan fingerprint density at radius 2 is 2.44 bits per heavy atom. The fourth-order valence-corrected chi connectivity index (χ4v) is 2.04. The van der Waals surface area contributed by atoms with E-state index < -0.39 is 0 Å². The summed E-state index contributed by atoms with van der Waals surface area (Å²) < 4.78 is 2.05. The quantitative estimate of drug-likeness (QED) is 0.574. The maximum atomic E-state index is 4.14. The maximum absolute atomic E-state index is 4.14. The molecule has 1 aromatic heterocycles. The fraction of sp³-hybridized carbons (Fsp3) is 0.167. The lowest BCUT2D eigenvalue weighted by Gasteiger charge is -1.94. The zero-order valence-corrected chi connectivity index (χ0v) is 8.39. The van der Waals surface area contributed by atoms with E-state index in [4.69, 9.17) is 0 Å². The molecule has 0 fully saturated rings. The third-order valence-electron chi connectivity index (χ3n) is 0.961. The van der Waals surface area contributed by atoms with Crippen LogP contribution in [0.1, 0.15) is 5.69 Å². The van der Waals surface area contributed by atoms with Crippen LogP contribution in [-0.4, -0.2) is 4.98 Å². The number of alkyl halides is 1. The first-order chi connectivity index (χ1) is 4.34. The second-order valence-electron chi connectivity index (χ2n) is 1.57. The summed E-state index contributed by atoms with van der Waals surface area (Å²) in [7, 11) is 0. The van der Waals surface area contributed by atoms with Crippen LogP contribution in [0.5, 0.6) is 0 Å². The molecule has 0 aliphatic carbocycles. The minimum Gasteiger partial charge on any atom is -0.259 e. The molecule has 0 N–H and O–H groups in total. The summed E-state index contributed by atoms with van der Waals surface area (Å²) in [6.07, 6.45) is 1.80. The number of nitrogens with zero attached hydrogens (tertiary/aromatic N) is 1. The highest BCUT2D eigenvalue weighted by Gasteiger charge is 1.94. The van der Waals surface area contributed by atoms with E-state index in [2.05, 4.69) is 43.5 Å². The molecule has 0 radical (unpaired) electrons. The molecule has 0 amide bonds. The number of pyridine rings is 1. The van der Waals surface area contributed by atoms with Gasteiger partial charge in [-0.15, -0.1) is 0 Å². The standard InChI is InChI=1S/C6H5BrIN/c7-5-2-1-3-9-6(5)4-8/h1-3H,4H2. The molecule has 1 aromatic rings. The lowest BCUT2D eigenvalue weighted by Crippen LogP contribution is -1.83. The van der Waals surface area contributed by atoms with E-state index in [0.717, 1.165) is 14.6 Å². The van der Waals surface area contributed by atoms with Crippen molar-refractivity contribution in [2.24, 2.45) is 0 Å². The summed E-state index contributed by atoms with van der Waals surface area (Å²) in [5, 5.41) is 0. The van der Waals surface area contributed by atoms with E-state index in [0.29, 0.717) is 0 Å². The van der Waals surface area contributed by atoms with Crippen LogP contribution in [0.3, 0.4) is 0 Å². The number of rotatable bonds is 1. The monoisotopic (exact) mass is 297 g/mol. The van der Waals surface area contributed by atoms with Gasteiger partial charge in [-0.25, -0.2) is 0 Å². The average molecular weight is 298 g/mol. The fourth-order valence-electron chi connectivity index (χ4n) is 0.517. The van der Waals surface area contributed by atoms with Gasteiger partial charge in [-0.2, -0.15) is 0 Å². The highest BCUT2D eigenvalue weighted by molar-refractivity contribution is 14.1. The molecular weight excluding hydrogens is 293 g/mol. The van der Waals surface area contributed by atoms with E-state index >= 15 is 0 Å². The van der Waals surface area contributed by atoms with E-state index in [1.165, 1.54) is 0 Å². The van der Waals surface area contributed by atoms with Crippen molar-refractivity contribution in [1.82, 2.24) is 4.98 Å². The lowest BCUT2D eigenvalue weighted by atomic mass is 10.4. The van der Waals surface area contributed by atoms with Crippen molar-refractivity contribution in [1.29, 1.82) is 0 Å². The van der Waals surface area contributed by atoms with Crippen LogP contribution in [0.15, 0.2) is 22.8 Å². The van der Waals surface area contributed by atoms with Gasteiger partial charge in [-0.05, 0) is 28.1 Å². The van der Waals surface area contributed by atoms with Gasteiger partial charge in [-0.3, -0.25) is 4.98 Å². The van der Waals surface area contributed by atoms with E-state index in [9.17, 15) is 0 Å². The minimum atomic E-state index is 0.958. The molecule has 1 nitrogen and oxygen atoms in total. The molecule has 0 unspecified atom stereocenters. The molecule has 1 rings (SSSR count). The largest absolute Gasteiger partial charge is 0.259 e. The normalized spacial score (nSPS) is 9.56. The summed E-state index contributed by atoms with van der Waals surface area (Å²) in [5.41, 5.74) is 1.11.